The molecule has 1 amide bonds. The molecule has 0 saturated carbocycles. The Morgan fingerprint density at radius 3 is 3.06 bits per heavy atom. The molecule has 1 fully saturated rings. The van der Waals surface area contributed by atoms with E-state index < -0.39 is 0 Å². The first-order chi connectivity index (χ1) is 8.76. The minimum Gasteiger partial charge on any atom is -0.496 e. The fraction of sp³-hybridized carbons (Fsp3) is 0.615. The summed E-state index contributed by atoms with van der Waals surface area (Å²) < 4.78 is 5.14. The molecule has 0 aromatic carbocycles. The zero-order valence-corrected chi connectivity index (χ0v) is 11.8. The maximum absolute atomic E-state index is 12.5. The molecule has 0 spiro atoms. The first kappa shape index (κ1) is 13.4. The molecular formula is C13H20N2O2S. The SMILES string of the molecule is CCCN(C(=O)c1cc(OC)cs1)C1CCNC1. The van der Waals surface area contributed by atoms with Crippen LogP contribution in [0.25, 0.3) is 0 Å². The van der Waals surface area contributed by atoms with Crippen molar-refractivity contribution >= 4 is 17.2 Å². The molecule has 1 N–H and O–H groups in total. The molecule has 100 valence electrons. The summed E-state index contributed by atoms with van der Waals surface area (Å²) in [6.07, 6.45) is 2.04. The monoisotopic (exact) mass is 268 g/mol. The molecule has 0 bridgehead atoms. The van der Waals surface area contributed by atoms with Crippen LogP contribution in [-0.4, -0.2) is 43.6 Å². The van der Waals surface area contributed by atoms with Gasteiger partial charge in [0.05, 0.1) is 12.0 Å². The number of nitrogens with one attached hydrogen (secondary N) is 1. The van der Waals surface area contributed by atoms with Crippen molar-refractivity contribution < 1.29 is 9.53 Å². The van der Waals surface area contributed by atoms with Crippen LogP contribution in [0.2, 0.25) is 0 Å². The average Bonchev–Trinajstić information content (AvgIpc) is 3.05. The van der Waals surface area contributed by atoms with Gasteiger partial charge < -0.3 is 15.0 Å². The third kappa shape index (κ3) is 2.84. The van der Waals surface area contributed by atoms with Crippen LogP contribution in [-0.2, 0) is 0 Å². The molecule has 0 aliphatic carbocycles. The van der Waals surface area contributed by atoms with E-state index >= 15 is 0 Å². The molecule has 4 nitrogen and oxygen atoms in total. The summed E-state index contributed by atoms with van der Waals surface area (Å²) in [5.74, 6) is 0.906. The van der Waals surface area contributed by atoms with Crippen LogP contribution in [0.4, 0.5) is 0 Å². The molecule has 2 heterocycles. The van der Waals surface area contributed by atoms with Crippen molar-refractivity contribution in [3.63, 3.8) is 0 Å². The summed E-state index contributed by atoms with van der Waals surface area (Å²) in [4.78, 5) is 15.3. The highest BCUT2D eigenvalue weighted by molar-refractivity contribution is 7.12. The highest BCUT2D eigenvalue weighted by Gasteiger charge is 2.27. The van der Waals surface area contributed by atoms with Gasteiger partial charge in [0, 0.05) is 30.6 Å². The predicted molar refractivity (Wildman–Crippen MR) is 73.5 cm³/mol. The Hall–Kier alpha value is -1.07. The Bertz CT molecular complexity index is 399. The van der Waals surface area contributed by atoms with Gasteiger partial charge in [-0.05, 0) is 19.4 Å². The van der Waals surface area contributed by atoms with Crippen LogP contribution in [0, 0.1) is 0 Å². The summed E-state index contributed by atoms with van der Waals surface area (Å²) in [5.41, 5.74) is 0. The third-order valence-electron chi connectivity index (χ3n) is 3.22. The normalized spacial score (nSPS) is 18.9. The van der Waals surface area contributed by atoms with Crippen molar-refractivity contribution in [2.75, 3.05) is 26.7 Å². The number of methoxy groups -OCH3 is 1. The number of hydrogen-bond acceptors (Lipinski definition) is 4. The minimum atomic E-state index is 0.138. The number of nitrogens with zero attached hydrogens (tertiary/aromatic N) is 1. The Balaban J connectivity index is 2.11. The maximum Gasteiger partial charge on any atom is 0.264 e. The van der Waals surface area contributed by atoms with E-state index in [0.717, 1.165) is 43.1 Å². The lowest BCUT2D eigenvalue weighted by Crippen LogP contribution is -2.41. The molecule has 1 atom stereocenters. The van der Waals surface area contributed by atoms with Gasteiger partial charge in [0.15, 0.2) is 0 Å². The number of carbonyl (C=O) groups excluding carboxylic acids is 1. The molecule has 0 radical (unpaired) electrons. The summed E-state index contributed by atoms with van der Waals surface area (Å²) in [6.45, 7) is 4.85. The van der Waals surface area contributed by atoms with Crippen molar-refractivity contribution in [1.29, 1.82) is 0 Å². The van der Waals surface area contributed by atoms with Crippen molar-refractivity contribution in [1.82, 2.24) is 10.2 Å². The Morgan fingerprint density at radius 2 is 2.50 bits per heavy atom. The van der Waals surface area contributed by atoms with Crippen LogP contribution in [0.3, 0.4) is 0 Å². The van der Waals surface area contributed by atoms with Crippen molar-refractivity contribution in [3.05, 3.63) is 16.3 Å². The molecule has 1 aliphatic heterocycles. The first-order valence-electron chi connectivity index (χ1n) is 6.40. The maximum atomic E-state index is 12.5. The number of rotatable bonds is 5. The second-order valence-corrected chi connectivity index (χ2v) is 5.41. The van der Waals surface area contributed by atoms with Crippen LogP contribution >= 0.6 is 11.3 Å². The van der Waals surface area contributed by atoms with E-state index in [1.54, 1.807) is 7.11 Å². The van der Waals surface area contributed by atoms with E-state index in [-0.39, 0.29) is 5.91 Å². The Kier molecular flexibility index (Phi) is 4.60. The third-order valence-corrected chi connectivity index (χ3v) is 4.12. The highest BCUT2D eigenvalue weighted by Crippen LogP contribution is 2.24. The molecule has 1 saturated heterocycles. The molecule has 5 heteroatoms. The zero-order chi connectivity index (χ0) is 13.0. The van der Waals surface area contributed by atoms with Crippen LogP contribution < -0.4 is 10.1 Å². The summed E-state index contributed by atoms with van der Waals surface area (Å²) in [5, 5.41) is 5.20. The van der Waals surface area contributed by atoms with E-state index in [4.69, 9.17) is 4.74 Å². The lowest BCUT2D eigenvalue weighted by atomic mass is 10.2. The predicted octanol–water partition coefficient (Wildman–Crippen LogP) is 1.97. The fourth-order valence-electron chi connectivity index (χ4n) is 2.28. The van der Waals surface area contributed by atoms with Gasteiger partial charge in [-0.2, -0.15) is 0 Å². The van der Waals surface area contributed by atoms with Gasteiger partial charge in [-0.25, -0.2) is 0 Å². The number of hydrogen-bond donors (Lipinski definition) is 1. The van der Waals surface area contributed by atoms with Crippen LogP contribution in [0.15, 0.2) is 11.4 Å². The van der Waals surface area contributed by atoms with Gasteiger partial charge in [-0.1, -0.05) is 6.92 Å². The largest absolute Gasteiger partial charge is 0.496 e. The van der Waals surface area contributed by atoms with Crippen LogP contribution in [0.5, 0.6) is 5.75 Å². The number of thiophene rings is 1. The van der Waals surface area contributed by atoms with Gasteiger partial charge in [-0.15, -0.1) is 11.3 Å². The van der Waals surface area contributed by atoms with Gasteiger partial charge >= 0.3 is 0 Å². The lowest BCUT2D eigenvalue weighted by Gasteiger charge is -2.27. The van der Waals surface area contributed by atoms with Crippen molar-refractivity contribution in [3.8, 4) is 5.75 Å². The van der Waals surface area contributed by atoms with E-state index in [1.807, 2.05) is 16.3 Å². The number of carbonyl (C=O) groups is 1. The molecular weight excluding hydrogens is 248 g/mol. The van der Waals surface area contributed by atoms with Crippen molar-refractivity contribution in [2.45, 2.75) is 25.8 Å². The van der Waals surface area contributed by atoms with Crippen molar-refractivity contribution in [2.24, 2.45) is 0 Å². The van der Waals surface area contributed by atoms with Crippen LogP contribution in [0.1, 0.15) is 29.4 Å². The molecule has 1 aromatic rings. The summed E-state index contributed by atoms with van der Waals surface area (Å²) >= 11 is 1.46. The van der Waals surface area contributed by atoms with E-state index in [0.29, 0.717) is 6.04 Å². The highest BCUT2D eigenvalue weighted by atomic mass is 32.1. The second kappa shape index (κ2) is 6.20. The smallest absolute Gasteiger partial charge is 0.264 e. The summed E-state index contributed by atoms with van der Waals surface area (Å²) in [7, 11) is 1.63. The van der Waals surface area contributed by atoms with Gasteiger partial charge in [0.1, 0.15) is 5.75 Å². The molecule has 1 unspecified atom stereocenters. The molecule has 2 rings (SSSR count). The average molecular weight is 268 g/mol. The lowest BCUT2D eigenvalue weighted by molar-refractivity contribution is 0.0697. The molecule has 18 heavy (non-hydrogen) atoms. The summed E-state index contributed by atoms with van der Waals surface area (Å²) in [6, 6.07) is 2.17. The van der Waals surface area contributed by atoms with Gasteiger partial charge in [-0.3, -0.25) is 4.79 Å². The van der Waals surface area contributed by atoms with E-state index in [1.165, 1.54) is 11.3 Å². The number of amides is 1. The first-order valence-corrected chi connectivity index (χ1v) is 7.28. The fourth-order valence-corrected chi connectivity index (χ4v) is 3.09. The minimum absolute atomic E-state index is 0.138. The Morgan fingerprint density at radius 1 is 1.67 bits per heavy atom. The van der Waals surface area contributed by atoms with E-state index in [9.17, 15) is 4.79 Å². The Labute approximate surface area is 112 Å². The topological polar surface area (TPSA) is 41.6 Å². The number of ether oxygens (including phenoxy) is 1. The quantitative estimate of drug-likeness (QED) is 0.887. The standard InChI is InChI=1S/C13H20N2O2S/c1-3-6-15(10-4-5-14-8-10)13(16)12-7-11(17-2)9-18-12/h7,9-10,14H,3-6,8H2,1-2H3. The van der Waals surface area contributed by atoms with E-state index in [2.05, 4.69) is 12.2 Å². The molecule has 1 aliphatic rings. The van der Waals surface area contributed by atoms with Gasteiger partial charge in [0.25, 0.3) is 5.91 Å². The second-order valence-electron chi connectivity index (χ2n) is 4.50. The van der Waals surface area contributed by atoms with Gasteiger partial charge in [0.2, 0.25) is 0 Å². The molecule has 1 aromatic heterocycles. The zero-order valence-electron chi connectivity index (χ0n) is 10.9.